The van der Waals surface area contributed by atoms with E-state index in [4.69, 9.17) is 10.5 Å². The fourth-order valence-corrected chi connectivity index (χ4v) is 1.75. The van der Waals surface area contributed by atoms with E-state index in [9.17, 15) is 4.79 Å². The summed E-state index contributed by atoms with van der Waals surface area (Å²) >= 11 is 0. The van der Waals surface area contributed by atoms with E-state index in [1.54, 1.807) is 13.0 Å². The predicted molar refractivity (Wildman–Crippen MR) is 57.5 cm³/mol. The summed E-state index contributed by atoms with van der Waals surface area (Å²) in [7, 11) is 0. The highest BCUT2D eigenvalue weighted by Crippen LogP contribution is 2.06. The van der Waals surface area contributed by atoms with Crippen LogP contribution in [0, 0.1) is 19.3 Å². The van der Waals surface area contributed by atoms with Crippen LogP contribution < -0.4 is 5.49 Å². The molecule has 16 heavy (non-hydrogen) atoms. The third kappa shape index (κ3) is 1.37. The van der Waals surface area contributed by atoms with Crippen LogP contribution in [0.4, 0.5) is 0 Å². The first-order valence-corrected chi connectivity index (χ1v) is 4.79. The lowest BCUT2D eigenvalue weighted by Crippen LogP contribution is -2.26. The number of carboxylic acids is 1. The average Bonchev–Trinajstić information content (AvgIpc) is 2.15. The van der Waals surface area contributed by atoms with Crippen molar-refractivity contribution in [2.24, 2.45) is 0 Å². The van der Waals surface area contributed by atoms with Gasteiger partial charge in [-0.15, -0.1) is 0 Å². The van der Waals surface area contributed by atoms with Gasteiger partial charge in [0.05, 0.1) is 5.69 Å². The number of hydrogen-bond donors (Lipinski definition) is 2. The highest BCUT2D eigenvalue weighted by atomic mass is 16.4. The number of nitrogens with zero attached hydrogens (tertiary/aromatic N) is 2. The summed E-state index contributed by atoms with van der Waals surface area (Å²) in [4.78, 5) is 15.2. The highest BCUT2D eigenvalue weighted by Gasteiger charge is 2.14. The number of pyridine rings is 1. The molecule has 0 atom stereocenters. The molecule has 0 amide bonds. The maximum Gasteiger partial charge on any atom is 0.341 e. The topological polar surface area (TPSA) is 78.5 Å². The lowest BCUT2D eigenvalue weighted by molar-refractivity contribution is 0.0693. The van der Waals surface area contributed by atoms with E-state index in [1.165, 1.54) is 4.40 Å². The predicted octanol–water partition coefficient (Wildman–Crippen LogP) is 1.13. The monoisotopic (exact) mass is 217 g/mol. The summed E-state index contributed by atoms with van der Waals surface area (Å²) < 4.78 is 1.52. The molecule has 0 spiro atoms. The number of hydrogen-bond acceptors (Lipinski definition) is 3. The molecule has 82 valence electrons. The smallest absolute Gasteiger partial charge is 0.341 e. The SMILES string of the molecule is Cc1nc2cccc(C)n2c(=N)c1C(=O)O. The third-order valence-corrected chi connectivity index (χ3v) is 2.48. The van der Waals surface area contributed by atoms with E-state index in [0.29, 0.717) is 11.3 Å². The van der Waals surface area contributed by atoms with Gasteiger partial charge in [0.15, 0.2) is 0 Å². The summed E-state index contributed by atoms with van der Waals surface area (Å²) in [5.41, 5.74) is 1.66. The van der Waals surface area contributed by atoms with Crippen LogP contribution in [-0.4, -0.2) is 20.5 Å². The number of aryl methyl sites for hydroxylation is 2. The van der Waals surface area contributed by atoms with Crippen LogP contribution in [0.15, 0.2) is 18.2 Å². The molecule has 2 aromatic heterocycles. The summed E-state index contributed by atoms with van der Waals surface area (Å²) in [6.07, 6.45) is 0. The van der Waals surface area contributed by atoms with Crippen LogP contribution in [0.2, 0.25) is 0 Å². The van der Waals surface area contributed by atoms with E-state index in [1.807, 2.05) is 19.1 Å². The normalized spacial score (nSPS) is 10.6. The molecule has 0 unspecified atom stereocenters. The molecule has 0 fully saturated rings. The van der Waals surface area contributed by atoms with Crippen LogP contribution in [0.1, 0.15) is 21.7 Å². The van der Waals surface area contributed by atoms with Gasteiger partial charge < -0.3 is 5.11 Å². The standard InChI is InChI=1S/C11H11N3O2/c1-6-4-3-5-8-13-7(2)9(11(15)16)10(12)14(6)8/h3-5,12H,1-2H3,(H,15,16). The Bertz CT molecular complexity index is 643. The fraction of sp³-hybridized carbons (Fsp3) is 0.182. The first kappa shape index (κ1) is 10.4. The van der Waals surface area contributed by atoms with Gasteiger partial charge >= 0.3 is 5.97 Å². The molecule has 0 saturated carbocycles. The first-order valence-electron chi connectivity index (χ1n) is 4.79. The Labute approximate surface area is 91.5 Å². The second-order valence-electron chi connectivity index (χ2n) is 3.59. The Morgan fingerprint density at radius 1 is 1.44 bits per heavy atom. The van der Waals surface area contributed by atoms with Crippen LogP contribution in [0.3, 0.4) is 0 Å². The first-order chi connectivity index (χ1) is 7.52. The zero-order chi connectivity index (χ0) is 11.9. The minimum absolute atomic E-state index is 0.0342. The number of carboxylic acid groups (broad SMARTS) is 1. The van der Waals surface area contributed by atoms with Crippen molar-refractivity contribution >= 4 is 11.6 Å². The van der Waals surface area contributed by atoms with Crippen LogP contribution in [0.25, 0.3) is 5.65 Å². The van der Waals surface area contributed by atoms with Gasteiger partial charge in [-0.25, -0.2) is 9.78 Å². The summed E-state index contributed by atoms with van der Waals surface area (Å²) in [5.74, 6) is -1.12. The van der Waals surface area contributed by atoms with E-state index in [-0.39, 0.29) is 11.1 Å². The molecule has 5 nitrogen and oxygen atoms in total. The van der Waals surface area contributed by atoms with Crippen molar-refractivity contribution in [3.05, 3.63) is 40.6 Å². The summed E-state index contributed by atoms with van der Waals surface area (Å²) in [6.45, 7) is 3.41. The van der Waals surface area contributed by atoms with Crippen molar-refractivity contribution in [1.29, 1.82) is 5.41 Å². The molecule has 0 radical (unpaired) electrons. The Morgan fingerprint density at radius 3 is 2.75 bits per heavy atom. The molecule has 2 N–H and O–H groups in total. The van der Waals surface area contributed by atoms with E-state index in [0.717, 1.165) is 5.69 Å². The minimum atomic E-state index is -1.12. The summed E-state index contributed by atoms with van der Waals surface area (Å²) in [5, 5.41) is 16.9. The Kier molecular flexibility index (Phi) is 2.23. The number of aromatic nitrogens is 2. The van der Waals surface area contributed by atoms with Crippen molar-refractivity contribution < 1.29 is 9.90 Å². The second kappa shape index (κ2) is 3.44. The largest absolute Gasteiger partial charge is 0.477 e. The molecule has 0 aliphatic heterocycles. The van der Waals surface area contributed by atoms with Crippen LogP contribution in [-0.2, 0) is 0 Å². The maximum atomic E-state index is 11.0. The van der Waals surface area contributed by atoms with Gasteiger partial charge in [0.1, 0.15) is 16.7 Å². The molecule has 0 saturated heterocycles. The van der Waals surface area contributed by atoms with Gasteiger partial charge in [0.2, 0.25) is 0 Å². The molecular weight excluding hydrogens is 206 g/mol. The molecule has 0 bridgehead atoms. The van der Waals surface area contributed by atoms with E-state index >= 15 is 0 Å². The Hall–Kier alpha value is -2.17. The highest BCUT2D eigenvalue weighted by molar-refractivity contribution is 5.88. The van der Waals surface area contributed by atoms with Gasteiger partial charge in [-0.3, -0.25) is 9.81 Å². The zero-order valence-electron chi connectivity index (χ0n) is 8.98. The van der Waals surface area contributed by atoms with Gasteiger partial charge in [-0.05, 0) is 26.0 Å². The number of rotatable bonds is 1. The minimum Gasteiger partial charge on any atom is -0.477 e. The molecule has 0 aliphatic rings. The maximum absolute atomic E-state index is 11.0. The molecule has 0 aliphatic carbocycles. The average molecular weight is 217 g/mol. The lowest BCUT2D eigenvalue weighted by Gasteiger charge is -2.08. The van der Waals surface area contributed by atoms with Gasteiger partial charge in [0.25, 0.3) is 0 Å². The van der Waals surface area contributed by atoms with E-state index < -0.39 is 5.97 Å². The van der Waals surface area contributed by atoms with Crippen LogP contribution >= 0.6 is 0 Å². The van der Waals surface area contributed by atoms with Gasteiger partial charge in [-0.1, -0.05) is 6.07 Å². The number of carbonyl (C=O) groups is 1. The molecule has 2 aromatic rings. The third-order valence-electron chi connectivity index (χ3n) is 2.48. The molecule has 2 heterocycles. The number of aromatic carboxylic acids is 1. The number of fused-ring (bicyclic) bond motifs is 1. The van der Waals surface area contributed by atoms with Crippen molar-refractivity contribution in [3.63, 3.8) is 0 Å². The molecule has 2 rings (SSSR count). The zero-order valence-corrected chi connectivity index (χ0v) is 8.98. The van der Waals surface area contributed by atoms with Crippen molar-refractivity contribution in [2.75, 3.05) is 0 Å². The fourth-order valence-electron chi connectivity index (χ4n) is 1.75. The Morgan fingerprint density at radius 2 is 2.12 bits per heavy atom. The van der Waals surface area contributed by atoms with Crippen LogP contribution in [0.5, 0.6) is 0 Å². The van der Waals surface area contributed by atoms with Crippen molar-refractivity contribution in [3.8, 4) is 0 Å². The van der Waals surface area contributed by atoms with Crippen molar-refractivity contribution in [1.82, 2.24) is 9.38 Å². The second-order valence-corrected chi connectivity index (χ2v) is 3.59. The van der Waals surface area contributed by atoms with Crippen molar-refractivity contribution in [2.45, 2.75) is 13.8 Å². The van der Waals surface area contributed by atoms with Gasteiger partial charge in [-0.2, -0.15) is 0 Å². The number of nitrogens with one attached hydrogen (secondary N) is 1. The Balaban J connectivity index is 3.03. The quantitative estimate of drug-likeness (QED) is 0.751. The molecular formula is C11H11N3O2. The van der Waals surface area contributed by atoms with Gasteiger partial charge in [0, 0.05) is 5.69 Å². The lowest BCUT2D eigenvalue weighted by atomic mass is 10.2. The summed E-state index contributed by atoms with van der Waals surface area (Å²) in [6, 6.07) is 5.40. The molecule has 0 aromatic carbocycles. The van der Waals surface area contributed by atoms with E-state index in [2.05, 4.69) is 4.98 Å². The molecule has 5 heteroatoms.